The molecule has 0 saturated carbocycles. The fourth-order valence-corrected chi connectivity index (χ4v) is 2.45. The van der Waals surface area contributed by atoms with E-state index in [0.717, 1.165) is 22.8 Å². The van der Waals surface area contributed by atoms with E-state index in [1.54, 1.807) is 0 Å². The third-order valence-corrected chi connectivity index (χ3v) is 3.78. The first-order chi connectivity index (χ1) is 6.98. The molecule has 0 spiro atoms. The van der Waals surface area contributed by atoms with E-state index in [9.17, 15) is 12.8 Å². The van der Waals surface area contributed by atoms with Crippen LogP contribution in [0.2, 0.25) is 0 Å². The lowest BCUT2D eigenvalue weighted by atomic mass is 10.5. The summed E-state index contributed by atoms with van der Waals surface area (Å²) in [6.07, 6.45) is 2.05. The molecule has 0 N–H and O–H groups in total. The van der Waals surface area contributed by atoms with Gasteiger partial charge in [-0.05, 0) is 6.07 Å². The standard InChI is InChI=1S/C8H10ClFN2O2S/c1-12(3-2-9)15(13,14)8-4-7(10)5-11-6-8/h4-6H,2-3H2,1H3. The highest BCUT2D eigenvalue weighted by molar-refractivity contribution is 7.89. The Morgan fingerprint density at radius 1 is 1.53 bits per heavy atom. The number of nitrogens with zero attached hydrogens (tertiary/aromatic N) is 2. The van der Waals surface area contributed by atoms with Crippen LogP contribution in [0.15, 0.2) is 23.4 Å². The second kappa shape index (κ2) is 4.87. The summed E-state index contributed by atoms with van der Waals surface area (Å²) in [5.74, 6) is -0.506. The van der Waals surface area contributed by atoms with Gasteiger partial charge in [0.1, 0.15) is 10.7 Å². The van der Waals surface area contributed by atoms with Gasteiger partial charge in [0.25, 0.3) is 0 Å². The zero-order valence-electron chi connectivity index (χ0n) is 8.02. The zero-order chi connectivity index (χ0) is 11.5. The Hall–Kier alpha value is -0.720. The van der Waals surface area contributed by atoms with Crippen LogP contribution in [0.25, 0.3) is 0 Å². The monoisotopic (exact) mass is 252 g/mol. The average Bonchev–Trinajstić information content (AvgIpc) is 2.18. The Morgan fingerprint density at radius 2 is 2.20 bits per heavy atom. The fraction of sp³-hybridized carbons (Fsp3) is 0.375. The Bertz CT molecular complexity index is 438. The van der Waals surface area contributed by atoms with Crippen molar-refractivity contribution in [2.45, 2.75) is 4.90 Å². The number of rotatable bonds is 4. The van der Waals surface area contributed by atoms with E-state index < -0.39 is 15.8 Å². The van der Waals surface area contributed by atoms with Crippen LogP contribution in [-0.2, 0) is 10.0 Å². The van der Waals surface area contributed by atoms with E-state index in [1.165, 1.54) is 7.05 Å². The van der Waals surface area contributed by atoms with Crippen LogP contribution in [-0.4, -0.2) is 37.2 Å². The molecule has 0 amide bonds. The van der Waals surface area contributed by atoms with Crippen molar-refractivity contribution in [1.29, 1.82) is 0 Å². The largest absolute Gasteiger partial charge is 0.260 e. The lowest BCUT2D eigenvalue weighted by Crippen LogP contribution is -2.28. The summed E-state index contributed by atoms with van der Waals surface area (Å²) in [7, 11) is -2.30. The molecular formula is C8H10ClFN2O2S. The van der Waals surface area contributed by atoms with Gasteiger partial charge in [-0.25, -0.2) is 12.8 Å². The topological polar surface area (TPSA) is 50.3 Å². The van der Waals surface area contributed by atoms with E-state index in [1.807, 2.05) is 0 Å². The number of aromatic nitrogens is 1. The molecule has 0 bridgehead atoms. The molecule has 0 aliphatic carbocycles. The summed E-state index contributed by atoms with van der Waals surface area (Å²) in [5, 5.41) is 0. The van der Waals surface area contributed by atoms with Crippen LogP contribution >= 0.6 is 11.6 Å². The quantitative estimate of drug-likeness (QED) is 0.754. The molecule has 0 radical (unpaired) electrons. The first-order valence-corrected chi connectivity index (χ1v) is 6.09. The van der Waals surface area contributed by atoms with Gasteiger partial charge in [-0.2, -0.15) is 4.31 Å². The van der Waals surface area contributed by atoms with Gasteiger partial charge in [-0.15, -0.1) is 11.6 Å². The maximum Gasteiger partial charge on any atom is 0.244 e. The van der Waals surface area contributed by atoms with Crippen LogP contribution < -0.4 is 0 Å². The Kier molecular flexibility index (Phi) is 4.01. The highest BCUT2D eigenvalue weighted by atomic mass is 35.5. The zero-order valence-corrected chi connectivity index (χ0v) is 9.59. The van der Waals surface area contributed by atoms with Crippen molar-refractivity contribution in [3.05, 3.63) is 24.3 Å². The Balaban J connectivity index is 3.06. The van der Waals surface area contributed by atoms with Crippen molar-refractivity contribution < 1.29 is 12.8 Å². The molecule has 0 fully saturated rings. The average molecular weight is 253 g/mol. The lowest BCUT2D eigenvalue weighted by molar-refractivity contribution is 0.486. The third kappa shape index (κ3) is 2.87. The third-order valence-electron chi connectivity index (χ3n) is 1.79. The van der Waals surface area contributed by atoms with Gasteiger partial charge < -0.3 is 0 Å². The maximum atomic E-state index is 12.8. The van der Waals surface area contributed by atoms with E-state index in [2.05, 4.69) is 4.98 Å². The number of halogens is 2. The van der Waals surface area contributed by atoms with Gasteiger partial charge in [0.2, 0.25) is 10.0 Å². The van der Waals surface area contributed by atoms with Crippen molar-refractivity contribution in [1.82, 2.24) is 9.29 Å². The molecule has 0 aliphatic heterocycles. The normalized spacial score (nSPS) is 12.0. The molecule has 1 aromatic rings. The molecule has 84 valence electrons. The van der Waals surface area contributed by atoms with Crippen molar-refractivity contribution in [2.24, 2.45) is 0 Å². The molecule has 15 heavy (non-hydrogen) atoms. The molecule has 0 aliphatic rings. The summed E-state index contributed by atoms with van der Waals surface area (Å²) < 4.78 is 37.3. The molecule has 7 heteroatoms. The fourth-order valence-electron chi connectivity index (χ4n) is 0.953. The van der Waals surface area contributed by atoms with Crippen molar-refractivity contribution >= 4 is 21.6 Å². The van der Waals surface area contributed by atoms with Crippen molar-refractivity contribution in [3.63, 3.8) is 0 Å². The molecule has 1 heterocycles. The summed E-state index contributed by atoms with van der Waals surface area (Å²) in [5.41, 5.74) is 0. The van der Waals surface area contributed by atoms with Crippen LogP contribution in [0, 0.1) is 5.82 Å². The van der Waals surface area contributed by atoms with Crippen LogP contribution in [0.4, 0.5) is 4.39 Å². The molecule has 0 atom stereocenters. The van der Waals surface area contributed by atoms with Crippen LogP contribution in [0.1, 0.15) is 0 Å². The van der Waals surface area contributed by atoms with Crippen LogP contribution in [0.3, 0.4) is 0 Å². The van der Waals surface area contributed by atoms with E-state index in [0.29, 0.717) is 0 Å². The number of alkyl halides is 1. The molecule has 1 rings (SSSR count). The minimum atomic E-state index is -3.68. The predicted octanol–water partition coefficient (Wildman–Crippen LogP) is 1.08. The first-order valence-electron chi connectivity index (χ1n) is 4.11. The van der Waals surface area contributed by atoms with E-state index >= 15 is 0 Å². The molecular weight excluding hydrogens is 243 g/mol. The molecule has 4 nitrogen and oxygen atoms in total. The second-order valence-corrected chi connectivity index (χ2v) is 5.28. The van der Waals surface area contributed by atoms with Crippen LogP contribution in [0.5, 0.6) is 0 Å². The van der Waals surface area contributed by atoms with E-state index in [-0.39, 0.29) is 17.3 Å². The number of pyridine rings is 1. The molecule has 1 aromatic heterocycles. The number of hydrogen-bond acceptors (Lipinski definition) is 3. The summed E-state index contributed by atoms with van der Waals surface area (Å²) in [6, 6.07) is 0.924. The number of hydrogen-bond donors (Lipinski definition) is 0. The lowest BCUT2D eigenvalue weighted by Gasteiger charge is -2.15. The maximum absolute atomic E-state index is 12.8. The highest BCUT2D eigenvalue weighted by Gasteiger charge is 2.20. The predicted molar refractivity (Wildman–Crippen MR) is 54.7 cm³/mol. The SMILES string of the molecule is CN(CCCl)S(=O)(=O)c1cncc(F)c1. The van der Waals surface area contributed by atoms with E-state index in [4.69, 9.17) is 11.6 Å². The summed E-state index contributed by atoms with van der Waals surface area (Å²) >= 11 is 5.43. The highest BCUT2D eigenvalue weighted by Crippen LogP contribution is 2.13. The molecule has 0 aromatic carbocycles. The number of sulfonamides is 1. The Labute approximate surface area is 92.7 Å². The molecule has 0 unspecified atom stereocenters. The van der Waals surface area contributed by atoms with Gasteiger partial charge in [0.15, 0.2) is 0 Å². The minimum absolute atomic E-state index is 0.167. The van der Waals surface area contributed by atoms with Gasteiger partial charge in [0, 0.05) is 25.7 Å². The molecule has 0 saturated heterocycles. The van der Waals surface area contributed by atoms with Crippen molar-refractivity contribution in [3.8, 4) is 0 Å². The second-order valence-electron chi connectivity index (χ2n) is 2.85. The van der Waals surface area contributed by atoms with Gasteiger partial charge >= 0.3 is 0 Å². The minimum Gasteiger partial charge on any atom is -0.260 e. The summed E-state index contributed by atoms with van der Waals surface area (Å²) in [4.78, 5) is 3.31. The first kappa shape index (κ1) is 12.4. The van der Waals surface area contributed by atoms with Gasteiger partial charge in [-0.1, -0.05) is 0 Å². The van der Waals surface area contributed by atoms with Gasteiger partial charge in [-0.3, -0.25) is 4.98 Å². The van der Waals surface area contributed by atoms with Crippen molar-refractivity contribution in [2.75, 3.05) is 19.5 Å². The summed E-state index contributed by atoms with van der Waals surface area (Å²) in [6.45, 7) is 0.167. The van der Waals surface area contributed by atoms with Gasteiger partial charge in [0.05, 0.1) is 6.20 Å². The Morgan fingerprint density at radius 3 is 2.73 bits per heavy atom. The smallest absolute Gasteiger partial charge is 0.244 e.